The molecule has 0 aliphatic rings. The van der Waals surface area contributed by atoms with Gasteiger partial charge in [0.25, 0.3) is 0 Å². The molecule has 0 heterocycles. The maximum Gasteiger partial charge on any atom is 0.222 e. The largest absolute Gasteiger partial charge is 0.399 e. The predicted octanol–water partition coefficient (Wildman–Crippen LogP) is 2.42. The molecule has 0 aliphatic heterocycles. The Kier molecular flexibility index (Phi) is 4.83. The van der Waals surface area contributed by atoms with E-state index in [1.165, 1.54) is 0 Å². The Morgan fingerprint density at radius 2 is 1.88 bits per heavy atom. The van der Waals surface area contributed by atoms with Crippen molar-refractivity contribution in [3.05, 3.63) is 29.8 Å². The fraction of sp³-hybridized carbons (Fsp3) is 0.462. The zero-order chi connectivity index (χ0) is 12.0. The Balaban J connectivity index is 2.67. The highest BCUT2D eigenvalue weighted by Gasteiger charge is 2.10. The topological polar surface area (TPSA) is 46.3 Å². The minimum absolute atomic E-state index is 0.207. The van der Waals surface area contributed by atoms with Gasteiger partial charge in [0.15, 0.2) is 0 Å². The van der Waals surface area contributed by atoms with Crippen LogP contribution in [0, 0.1) is 0 Å². The standard InChI is InChI=1S/C13H20N2O/c1-3-9-15(13(16)4-2)10-11-5-7-12(14)8-6-11/h5-8H,3-4,9-10,14H2,1-2H3. The van der Waals surface area contributed by atoms with Gasteiger partial charge in [0.2, 0.25) is 5.91 Å². The van der Waals surface area contributed by atoms with Crippen LogP contribution in [0.4, 0.5) is 5.69 Å². The molecule has 0 fully saturated rings. The normalized spacial score (nSPS) is 10.1. The van der Waals surface area contributed by atoms with Crippen molar-refractivity contribution in [3.8, 4) is 0 Å². The van der Waals surface area contributed by atoms with E-state index in [2.05, 4.69) is 6.92 Å². The molecule has 0 saturated carbocycles. The Bertz CT molecular complexity index is 332. The van der Waals surface area contributed by atoms with E-state index in [1.807, 2.05) is 36.1 Å². The lowest BCUT2D eigenvalue weighted by atomic mass is 10.2. The maximum atomic E-state index is 11.7. The van der Waals surface area contributed by atoms with Gasteiger partial charge < -0.3 is 10.6 Å². The third kappa shape index (κ3) is 3.57. The molecular formula is C13H20N2O. The number of nitrogen functional groups attached to an aromatic ring is 1. The minimum atomic E-state index is 0.207. The number of carbonyl (C=O) groups is 1. The van der Waals surface area contributed by atoms with Gasteiger partial charge in [-0.05, 0) is 24.1 Å². The second-order valence-electron chi connectivity index (χ2n) is 3.91. The molecule has 3 heteroatoms. The Hall–Kier alpha value is -1.51. The van der Waals surface area contributed by atoms with E-state index >= 15 is 0 Å². The fourth-order valence-electron chi connectivity index (χ4n) is 1.63. The highest BCUT2D eigenvalue weighted by Crippen LogP contribution is 2.09. The molecule has 3 nitrogen and oxygen atoms in total. The summed E-state index contributed by atoms with van der Waals surface area (Å²) in [6, 6.07) is 7.69. The van der Waals surface area contributed by atoms with Crippen molar-refractivity contribution in [1.82, 2.24) is 4.90 Å². The molecular weight excluding hydrogens is 200 g/mol. The quantitative estimate of drug-likeness (QED) is 0.775. The van der Waals surface area contributed by atoms with Crippen molar-refractivity contribution in [2.24, 2.45) is 0 Å². The monoisotopic (exact) mass is 220 g/mol. The minimum Gasteiger partial charge on any atom is -0.399 e. The summed E-state index contributed by atoms with van der Waals surface area (Å²) in [5.41, 5.74) is 7.51. The van der Waals surface area contributed by atoms with Crippen LogP contribution in [0.25, 0.3) is 0 Å². The van der Waals surface area contributed by atoms with Gasteiger partial charge >= 0.3 is 0 Å². The van der Waals surface area contributed by atoms with Crippen molar-refractivity contribution in [1.29, 1.82) is 0 Å². The lowest BCUT2D eigenvalue weighted by molar-refractivity contribution is -0.131. The highest BCUT2D eigenvalue weighted by molar-refractivity contribution is 5.75. The van der Waals surface area contributed by atoms with E-state index < -0.39 is 0 Å². The van der Waals surface area contributed by atoms with Gasteiger partial charge in [-0.3, -0.25) is 4.79 Å². The number of hydrogen-bond acceptors (Lipinski definition) is 2. The number of anilines is 1. The van der Waals surface area contributed by atoms with Crippen molar-refractivity contribution in [2.75, 3.05) is 12.3 Å². The zero-order valence-electron chi connectivity index (χ0n) is 10.1. The van der Waals surface area contributed by atoms with Crippen molar-refractivity contribution in [2.45, 2.75) is 33.2 Å². The summed E-state index contributed by atoms with van der Waals surface area (Å²) >= 11 is 0. The van der Waals surface area contributed by atoms with E-state index in [-0.39, 0.29) is 5.91 Å². The third-order valence-corrected chi connectivity index (χ3v) is 2.50. The second kappa shape index (κ2) is 6.16. The van der Waals surface area contributed by atoms with Crippen LogP contribution < -0.4 is 5.73 Å². The molecule has 0 spiro atoms. The number of amides is 1. The van der Waals surface area contributed by atoms with Crippen molar-refractivity contribution in [3.63, 3.8) is 0 Å². The Morgan fingerprint density at radius 1 is 1.25 bits per heavy atom. The Morgan fingerprint density at radius 3 is 2.38 bits per heavy atom. The van der Waals surface area contributed by atoms with Crippen LogP contribution in [-0.4, -0.2) is 17.4 Å². The van der Waals surface area contributed by atoms with E-state index in [4.69, 9.17) is 5.73 Å². The molecule has 0 unspecified atom stereocenters. The summed E-state index contributed by atoms with van der Waals surface area (Å²) < 4.78 is 0. The third-order valence-electron chi connectivity index (χ3n) is 2.50. The van der Waals surface area contributed by atoms with Crippen LogP contribution in [0.1, 0.15) is 32.3 Å². The number of nitrogens with two attached hydrogens (primary N) is 1. The first kappa shape index (κ1) is 12.6. The van der Waals surface area contributed by atoms with Gasteiger partial charge in [-0.15, -0.1) is 0 Å². The van der Waals surface area contributed by atoms with Crippen LogP contribution in [-0.2, 0) is 11.3 Å². The van der Waals surface area contributed by atoms with Crippen LogP contribution in [0.3, 0.4) is 0 Å². The number of hydrogen-bond donors (Lipinski definition) is 1. The van der Waals surface area contributed by atoms with Gasteiger partial charge in [0.05, 0.1) is 0 Å². The lowest BCUT2D eigenvalue weighted by Gasteiger charge is -2.21. The average Bonchev–Trinajstić information content (AvgIpc) is 2.30. The fourth-order valence-corrected chi connectivity index (χ4v) is 1.63. The molecule has 0 radical (unpaired) electrons. The number of rotatable bonds is 5. The molecule has 0 aromatic heterocycles. The summed E-state index contributed by atoms with van der Waals surface area (Å²) in [4.78, 5) is 13.6. The smallest absolute Gasteiger partial charge is 0.222 e. The molecule has 2 N–H and O–H groups in total. The van der Waals surface area contributed by atoms with Crippen LogP contribution in [0.15, 0.2) is 24.3 Å². The molecule has 1 aromatic rings. The lowest BCUT2D eigenvalue weighted by Crippen LogP contribution is -2.30. The first-order valence-corrected chi connectivity index (χ1v) is 5.79. The Labute approximate surface area is 97.2 Å². The number of benzene rings is 1. The van der Waals surface area contributed by atoms with Crippen LogP contribution in [0.2, 0.25) is 0 Å². The first-order chi connectivity index (χ1) is 7.67. The van der Waals surface area contributed by atoms with Crippen LogP contribution >= 0.6 is 0 Å². The average molecular weight is 220 g/mol. The molecule has 0 bridgehead atoms. The summed E-state index contributed by atoms with van der Waals surface area (Å²) in [5, 5.41) is 0. The van der Waals surface area contributed by atoms with Gasteiger partial charge in [0.1, 0.15) is 0 Å². The van der Waals surface area contributed by atoms with Crippen LogP contribution in [0.5, 0.6) is 0 Å². The van der Waals surface area contributed by atoms with Gasteiger partial charge in [-0.2, -0.15) is 0 Å². The van der Waals surface area contributed by atoms with Gasteiger partial charge in [-0.1, -0.05) is 26.0 Å². The maximum absolute atomic E-state index is 11.7. The molecule has 1 rings (SSSR count). The summed E-state index contributed by atoms with van der Waals surface area (Å²) in [6.45, 7) is 5.48. The molecule has 0 saturated heterocycles. The predicted molar refractivity (Wildman–Crippen MR) is 66.9 cm³/mol. The van der Waals surface area contributed by atoms with E-state index in [9.17, 15) is 4.79 Å². The number of carbonyl (C=O) groups excluding carboxylic acids is 1. The van der Waals surface area contributed by atoms with E-state index in [0.29, 0.717) is 13.0 Å². The first-order valence-electron chi connectivity index (χ1n) is 5.79. The molecule has 1 aromatic carbocycles. The molecule has 88 valence electrons. The molecule has 0 atom stereocenters. The zero-order valence-corrected chi connectivity index (χ0v) is 10.1. The highest BCUT2D eigenvalue weighted by atomic mass is 16.2. The summed E-state index contributed by atoms with van der Waals surface area (Å²) in [6.07, 6.45) is 1.55. The van der Waals surface area contributed by atoms with Gasteiger partial charge in [-0.25, -0.2) is 0 Å². The molecule has 1 amide bonds. The van der Waals surface area contributed by atoms with Gasteiger partial charge in [0, 0.05) is 25.2 Å². The summed E-state index contributed by atoms with van der Waals surface area (Å²) in [5.74, 6) is 0.207. The van der Waals surface area contributed by atoms with Crippen molar-refractivity contribution >= 4 is 11.6 Å². The van der Waals surface area contributed by atoms with E-state index in [1.54, 1.807) is 0 Å². The SMILES string of the molecule is CCCN(Cc1ccc(N)cc1)C(=O)CC. The molecule has 0 aliphatic carbocycles. The number of nitrogens with zero attached hydrogens (tertiary/aromatic N) is 1. The second-order valence-corrected chi connectivity index (χ2v) is 3.91. The summed E-state index contributed by atoms with van der Waals surface area (Å²) in [7, 11) is 0. The van der Waals surface area contributed by atoms with E-state index in [0.717, 1.165) is 24.2 Å². The molecule has 16 heavy (non-hydrogen) atoms. The van der Waals surface area contributed by atoms with Crippen molar-refractivity contribution < 1.29 is 4.79 Å².